The first kappa shape index (κ1) is 14.1. The van der Waals surface area contributed by atoms with E-state index in [1.807, 2.05) is 12.3 Å². The van der Waals surface area contributed by atoms with Crippen LogP contribution in [0.2, 0.25) is 0 Å². The molecule has 1 atom stereocenters. The van der Waals surface area contributed by atoms with Gasteiger partial charge < -0.3 is 5.32 Å². The van der Waals surface area contributed by atoms with Gasteiger partial charge in [-0.1, -0.05) is 31.3 Å². The number of pyridine rings is 1. The molecule has 0 fully saturated rings. The summed E-state index contributed by atoms with van der Waals surface area (Å²) in [6.07, 6.45) is 4.65. The SMILES string of the molecule is CCNC(Cc1cccnc1)c1snnc1C(C)C. The van der Waals surface area contributed by atoms with E-state index in [-0.39, 0.29) is 6.04 Å². The zero-order chi connectivity index (χ0) is 13.7. The van der Waals surface area contributed by atoms with Crippen LogP contribution in [0.3, 0.4) is 0 Å². The van der Waals surface area contributed by atoms with Crippen molar-refractivity contribution < 1.29 is 0 Å². The highest BCUT2D eigenvalue weighted by atomic mass is 32.1. The number of rotatable bonds is 6. The summed E-state index contributed by atoms with van der Waals surface area (Å²) in [5.74, 6) is 0.406. The van der Waals surface area contributed by atoms with Gasteiger partial charge in [-0.3, -0.25) is 4.98 Å². The molecule has 102 valence electrons. The summed E-state index contributed by atoms with van der Waals surface area (Å²) < 4.78 is 4.12. The molecule has 0 radical (unpaired) electrons. The van der Waals surface area contributed by atoms with Crippen molar-refractivity contribution in [3.05, 3.63) is 40.7 Å². The molecule has 4 nitrogen and oxygen atoms in total. The first-order chi connectivity index (χ1) is 9.22. The lowest BCUT2D eigenvalue weighted by atomic mass is 10.0. The van der Waals surface area contributed by atoms with Crippen molar-refractivity contribution in [3.8, 4) is 0 Å². The van der Waals surface area contributed by atoms with Crippen LogP contribution in [0.4, 0.5) is 0 Å². The summed E-state index contributed by atoms with van der Waals surface area (Å²) in [5.41, 5.74) is 2.34. The van der Waals surface area contributed by atoms with Crippen LogP contribution in [-0.2, 0) is 6.42 Å². The highest BCUT2D eigenvalue weighted by Crippen LogP contribution is 2.28. The summed E-state index contributed by atoms with van der Waals surface area (Å²) in [6, 6.07) is 4.36. The predicted octanol–water partition coefficient (Wildman–Crippen LogP) is 2.95. The van der Waals surface area contributed by atoms with Crippen molar-refractivity contribution in [1.29, 1.82) is 0 Å². The number of nitrogens with one attached hydrogen (secondary N) is 1. The lowest BCUT2D eigenvalue weighted by Crippen LogP contribution is -2.23. The Kier molecular flexibility index (Phi) is 4.99. The van der Waals surface area contributed by atoms with E-state index in [1.54, 1.807) is 6.20 Å². The highest BCUT2D eigenvalue weighted by Gasteiger charge is 2.20. The Morgan fingerprint density at radius 2 is 2.21 bits per heavy atom. The Bertz CT molecular complexity index is 495. The van der Waals surface area contributed by atoms with Gasteiger partial charge in [0.2, 0.25) is 0 Å². The van der Waals surface area contributed by atoms with Crippen molar-refractivity contribution >= 4 is 11.5 Å². The average molecular weight is 276 g/mol. The van der Waals surface area contributed by atoms with Gasteiger partial charge >= 0.3 is 0 Å². The van der Waals surface area contributed by atoms with Crippen LogP contribution in [0.5, 0.6) is 0 Å². The summed E-state index contributed by atoms with van der Waals surface area (Å²) in [6.45, 7) is 7.38. The molecule has 0 bridgehead atoms. The van der Waals surface area contributed by atoms with Crippen molar-refractivity contribution in [2.24, 2.45) is 0 Å². The zero-order valence-electron chi connectivity index (χ0n) is 11.6. The molecular weight excluding hydrogens is 256 g/mol. The monoisotopic (exact) mass is 276 g/mol. The largest absolute Gasteiger partial charge is 0.309 e. The number of likely N-dealkylation sites (N-methyl/N-ethyl adjacent to an activating group) is 1. The first-order valence-electron chi connectivity index (χ1n) is 6.66. The van der Waals surface area contributed by atoms with Crippen LogP contribution < -0.4 is 5.32 Å². The Balaban J connectivity index is 2.22. The Morgan fingerprint density at radius 1 is 1.37 bits per heavy atom. The van der Waals surface area contributed by atoms with Crippen LogP contribution in [0.25, 0.3) is 0 Å². The van der Waals surface area contributed by atoms with Crippen molar-refractivity contribution in [2.75, 3.05) is 6.54 Å². The minimum atomic E-state index is 0.270. The molecule has 1 N–H and O–H groups in total. The van der Waals surface area contributed by atoms with E-state index in [0.29, 0.717) is 5.92 Å². The fourth-order valence-electron chi connectivity index (χ4n) is 2.11. The fourth-order valence-corrected chi connectivity index (χ4v) is 2.99. The summed E-state index contributed by atoms with van der Waals surface area (Å²) in [4.78, 5) is 5.43. The maximum atomic E-state index is 4.27. The van der Waals surface area contributed by atoms with Gasteiger partial charge in [-0.05, 0) is 42.0 Å². The maximum Gasteiger partial charge on any atom is 0.0829 e. The van der Waals surface area contributed by atoms with E-state index in [4.69, 9.17) is 0 Å². The van der Waals surface area contributed by atoms with E-state index in [0.717, 1.165) is 18.7 Å². The first-order valence-corrected chi connectivity index (χ1v) is 7.44. The van der Waals surface area contributed by atoms with Crippen LogP contribution in [0, 0.1) is 0 Å². The summed E-state index contributed by atoms with van der Waals surface area (Å²) >= 11 is 1.50. The normalized spacial score (nSPS) is 12.8. The molecule has 0 amide bonds. The maximum absolute atomic E-state index is 4.27. The molecule has 0 aliphatic carbocycles. The van der Waals surface area contributed by atoms with Crippen LogP contribution in [0.1, 0.15) is 48.9 Å². The Morgan fingerprint density at radius 3 is 2.84 bits per heavy atom. The Hall–Kier alpha value is -1.33. The quantitative estimate of drug-likeness (QED) is 0.881. The molecule has 0 aliphatic rings. The van der Waals surface area contributed by atoms with Gasteiger partial charge in [0.05, 0.1) is 10.6 Å². The lowest BCUT2D eigenvalue weighted by Gasteiger charge is -2.18. The molecule has 2 rings (SSSR count). The van der Waals surface area contributed by atoms with Crippen LogP contribution in [0.15, 0.2) is 24.5 Å². The average Bonchev–Trinajstić information content (AvgIpc) is 2.89. The molecule has 1 unspecified atom stereocenters. The minimum absolute atomic E-state index is 0.270. The van der Waals surface area contributed by atoms with Crippen molar-refractivity contribution in [2.45, 2.75) is 39.2 Å². The molecule has 0 aromatic carbocycles. The second kappa shape index (κ2) is 6.73. The highest BCUT2D eigenvalue weighted by molar-refractivity contribution is 7.05. The third-order valence-corrected chi connectivity index (χ3v) is 3.87. The molecule has 2 heterocycles. The number of nitrogens with zero attached hydrogens (tertiary/aromatic N) is 3. The molecule has 2 aromatic heterocycles. The molecule has 5 heteroatoms. The number of aromatic nitrogens is 3. The van der Waals surface area contributed by atoms with E-state index >= 15 is 0 Å². The lowest BCUT2D eigenvalue weighted by molar-refractivity contribution is 0.548. The van der Waals surface area contributed by atoms with Crippen LogP contribution >= 0.6 is 11.5 Å². The second-order valence-electron chi connectivity index (χ2n) is 4.85. The van der Waals surface area contributed by atoms with Gasteiger partial charge in [-0.25, -0.2) is 0 Å². The van der Waals surface area contributed by atoms with Gasteiger partial charge in [0.1, 0.15) is 0 Å². The van der Waals surface area contributed by atoms with Crippen molar-refractivity contribution in [3.63, 3.8) is 0 Å². The third-order valence-electron chi connectivity index (χ3n) is 3.02. The van der Waals surface area contributed by atoms with E-state index in [9.17, 15) is 0 Å². The molecule has 2 aromatic rings. The smallest absolute Gasteiger partial charge is 0.0829 e. The molecular formula is C14H20N4S. The molecule has 0 saturated carbocycles. The van der Waals surface area contributed by atoms with Gasteiger partial charge in [0, 0.05) is 18.4 Å². The number of hydrogen-bond acceptors (Lipinski definition) is 5. The zero-order valence-corrected chi connectivity index (χ0v) is 12.4. The predicted molar refractivity (Wildman–Crippen MR) is 78.4 cm³/mol. The molecule has 0 saturated heterocycles. The molecule has 0 spiro atoms. The Labute approximate surface area is 118 Å². The van der Waals surface area contributed by atoms with Crippen molar-refractivity contribution in [1.82, 2.24) is 19.9 Å². The minimum Gasteiger partial charge on any atom is -0.309 e. The van der Waals surface area contributed by atoms with Gasteiger partial charge in [-0.2, -0.15) is 0 Å². The van der Waals surface area contributed by atoms with Gasteiger partial charge in [0.25, 0.3) is 0 Å². The van der Waals surface area contributed by atoms with E-state index in [2.05, 4.69) is 46.7 Å². The second-order valence-corrected chi connectivity index (χ2v) is 5.64. The summed E-state index contributed by atoms with van der Waals surface area (Å²) in [7, 11) is 0. The molecule has 19 heavy (non-hydrogen) atoms. The van der Waals surface area contributed by atoms with E-state index < -0.39 is 0 Å². The standard InChI is InChI=1S/C14H20N4S/c1-4-16-12(8-11-6-5-7-15-9-11)14-13(10(2)3)17-18-19-14/h5-7,9-10,12,16H,4,8H2,1-3H3. The van der Waals surface area contributed by atoms with Gasteiger partial charge in [0.15, 0.2) is 0 Å². The molecule has 0 aliphatic heterocycles. The topological polar surface area (TPSA) is 50.7 Å². The van der Waals surface area contributed by atoms with Crippen LogP contribution in [-0.4, -0.2) is 21.1 Å². The fraction of sp³-hybridized carbons (Fsp3) is 0.500. The summed E-state index contributed by atoms with van der Waals surface area (Å²) in [5, 5.41) is 7.80. The van der Waals surface area contributed by atoms with Gasteiger partial charge in [-0.15, -0.1) is 5.10 Å². The number of hydrogen-bond donors (Lipinski definition) is 1. The van der Waals surface area contributed by atoms with E-state index in [1.165, 1.54) is 22.0 Å². The third kappa shape index (κ3) is 3.58.